The van der Waals surface area contributed by atoms with Gasteiger partial charge in [-0.15, -0.1) is 0 Å². The van der Waals surface area contributed by atoms with E-state index in [9.17, 15) is 10.1 Å². The molecule has 0 unspecified atom stereocenters. The smallest absolute Gasteiger partial charge is 0.270 e. The lowest BCUT2D eigenvalue weighted by Crippen LogP contribution is -2.42. The van der Waals surface area contributed by atoms with Crippen LogP contribution in [0.1, 0.15) is 37.7 Å². The topological polar surface area (TPSA) is 57.0 Å². The molecule has 1 amide bonds. The van der Waals surface area contributed by atoms with Gasteiger partial charge in [0.2, 0.25) is 0 Å². The first-order valence-corrected chi connectivity index (χ1v) is 8.71. The van der Waals surface area contributed by atoms with Crippen molar-refractivity contribution in [3.8, 4) is 6.07 Å². The van der Waals surface area contributed by atoms with Gasteiger partial charge in [0.25, 0.3) is 5.91 Å². The predicted molar refractivity (Wildman–Crippen MR) is 98.6 cm³/mol. The number of carbonyl (C=O) groups excluding carboxylic acids is 1. The number of rotatable bonds is 4. The average molecular weight is 331 g/mol. The molecule has 0 aliphatic heterocycles. The van der Waals surface area contributed by atoms with Gasteiger partial charge >= 0.3 is 0 Å². The Morgan fingerprint density at radius 2 is 1.80 bits per heavy atom. The number of nitriles is 1. The molecular weight excluding hydrogens is 310 g/mol. The van der Waals surface area contributed by atoms with Gasteiger partial charge in [0.15, 0.2) is 0 Å². The molecule has 1 aromatic carbocycles. The number of pyridine rings is 1. The molecule has 0 radical (unpaired) electrons. The summed E-state index contributed by atoms with van der Waals surface area (Å²) in [5.74, 6) is 0.352. The van der Waals surface area contributed by atoms with Crippen LogP contribution in [0.2, 0.25) is 0 Å². The fourth-order valence-electron chi connectivity index (χ4n) is 3.28. The second kappa shape index (κ2) is 8.25. The molecule has 126 valence electrons. The summed E-state index contributed by atoms with van der Waals surface area (Å²) in [4.78, 5) is 19.3. The number of amides is 1. The summed E-state index contributed by atoms with van der Waals surface area (Å²) < 4.78 is 0. The second-order valence-corrected chi connectivity index (χ2v) is 6.24. The first-order chi connectivity index (χ1) is 12.3. The molecule has 1 aliphatic rings. The van der Waals surface area contributed by atoms with Crippen LogP contribution in [0.4, 0.5) is 5.82 Å². The van der Waals surface area contributed by atoms with Crippen LogP contribution in [0.15, 0.2) is 60.3 Å². The van der Waals surface area contributed by atoms with Crippen molar-refractivity contribution < 1.29 is 4.79 Å². The zero-order valence-corrected chi connectivity index (χ0v) is 14.1. The molecular formula is C21H21N3O. The van der Waals surface area contributed by atoms with Crippen molar-refractivity contribution >= 4 is 17.8 Å². The van der Waals surface area contributed by atoms with Crippen LogP contribution in [0.25, 0.3) is 6.08 Å². The van der Waals surface area contributed by atoms with Crippen molar-refractivity contribution in [2.45, 2.75) is 38.1 Å². The summed E-state index contributed by atoms with van der Waals surface area (Å²) in [6.45, 7) is 0. The maximum absolute atomic E-state index is 13.2. The molecule has 4 heteroatoms. The van der Waals surface area contributed by atoms with E-state index in [4.69, 9.17) is 0 Å². The summed E-state index contributed by atoms with van der Waals surface area (Å²) >= 11 is 0. The van der Waals surface area contributed by atoms with E-state index in [1.54, 1.807) is 17.2 Å². The normalized spacial score (nSPS) is 15.4. The minimum absolute atomic E-state index is 0.101. The molecule has 1 aromatic heterocycles. The number of carbonyl (C=O) groups is 1. The molecule has 0 bridgehead atoms. The summed E-state index contributed by atoms with van der Waals surface area (Å²) in [6.07, 6.45) is 8.65. The highest BCUT2D eigenvalue weighted by Crippen LogP contribution is 2.27. The van der Waals surface area contributed by atoms with Gasteiger partial charge in [0.1, 0.15) is 17.5 Å². The van der Waals surface area contributed by atoms with Gasteiger partial charge < -0.3 is 0 Å². The van der Waals surface area contributed by atoms with Crippen LogP contribution < -0.4 is 4.90 Å². The Morgan fingerprint density at radius 3 is 2.44 bits per heavy atom. The van der Waals surface area contributed by atoms with Gasteiger partial charge in [-0.05, 0) is 36.6 Å². The van der Waals surface area contributed by atoms with Gasteiger partial charge in [-0.3, -0.25) is 9.69 Å². The zero-order chi connectivity index (χ0) is 17.5. The van der Waals surface area contributed by atoms with Gasteiger partial charge in [0.05, 0.1) is 0 Å². The SMILES string of the molecule is N#C/C(=C\c1ccccc1)C(=O)N(c1ccccn1)C1CCCCC1. The monoisotopic (exact) mass is 331 g/mol. The summed E-state index contributed by atoms with van der Waals surface area (Å²) in [6, 6.07) is 17.2. The standard InChI is InChI=1S/C21H21N3O/c22-16-18(15-17-9-3-1-4-10-17)21(25)24(19-11-5-2-6-12-19)20-13-7-8-14-23-20/h1,3-4,7-10,13-15,19H,2,5-6,11-12H2/b18-15+. The van der Waals surface area contributed by atoms with Crippen LogP contribution >= 0.6 is 0 Å². The van der Waals surface area contributed by atoms with Gasteiger partial charge in [0, 0.05) is 12.2 Å². The van der Waals surface area contributed by atoms with Gasteiger partial charge in [-0.1, -0.05) is 55.7 Å². The Balaban J connectivity index is 1.95. The number of aromatic nitrogens is 1. The third-order valence-corrected chi connectivity index (χ3v) is 4.52. The molecule has 3 rings (SSSR count). The van der Waals surface area contributed by atoms with Crippen molar-refractivity contribution in [1.82, 2.24) is 4.98 Å². The third kappa shape index (κ3) is 4.13. The lowest BCUT2D eigenvalue weighted by molar-refractivity contribution is -0.115. The lowest BCUT2D eigenvalue weighted by Gasteiger charge is -2.33. The Hall–Kier alpha value is -2.93. The minimum Gasteiger partial charge on any atom is -0.289 e. The number of nitrogens with zero attached hydrogens (tertiary/aromatic N) is 3. The summed E-state index contributed by atoms with van der Waals surface area (Å²) in [7, 11) is 0. The first kappa shape index (κ1) is 16.9. The second-order valence-electron chi connectivity index (χ2n) is 6.24. The van der Waals surface area contributed by atoms with E-state index in [0.29, 0.717) is 5.82 Å². The lowest BCUT2D eigenvalue weighted by atomic mass is 9.93. The van der Waals surface area contributed by atoms with E-state index in [-0.39, 0.29) is 17.5 Å². The van der Waals surface area contributed by atoms with E-state index >= 15 is 0 Å². The number of benzene rings is 1. The zero-order valence-electron chi connectivity index (χ0n) is 14.1. The fraction of sp³-hybridized carbons (Fsp3) is 0.286. The average Bonchev–Trinajstić information content (AvgIpc) is 2.69. The number of hydrogen-bond acceptors (Lipinski definition) is 3. The molecule has 1 fully saturated rings. The van der Waals surface area contributed by atoms with E-state index in [1.165, 1.54) is 6.42 Å². The Morgan fingerprint density at radius 1 is 1.08 bits per heavy atom. The largest absolute Gasteiger partial charge is 0.289 e. The van der Waals surface area contributed by atoms with Crippen LogP contribution in [0.5, 0.6) is 0 Å². The number of hydrogen-bond donors (Lipinski definition) is 0. The first-order valence-electron chi connectivity index (χ1n) is 8.71. The minimum atomic E-state index is -0.267. The third-order valence-electron chi connectivity index (χ3n) is 4.52. The Kier molecular flexibility index (Phi) is 5.58. The summed E-state index contributed by atoms with van der Waals surface area (Å²) in [5.41, 5.74) is 0.986. The maximum Gasteiger partial charge on any atom is 0.270 e. The van der Waals surface area contributed by atoms with Crippen LogP contribution in [-0.2, 0) is 4.79 Å². The van der Waals surface area contributed by atoms with Crippen LogP contribution in [0.3, 0.4) is 0 Å². The van der Waals surface area contributed by atoms with Gasteiger partial charge in [-0.25, -0.2) is 4.98 Å². The number of anilines is 1. The van der Waals surface area contributed by atoms with Crippen LogP contribution in [0, 0.1) is 11.3 Å². The molecule has 0 spiro atoms. The highest BCUT2D eigenvalue weighted by atomic mass is 16.2. The highest BCUT2D eigenvalue weighted by molar-refractivity contribution is 6.11. The van der Waals surface area contributed by atoms with Crippen molar-refractivity contribution in [2.75, 3.05) is 4.90 Å². The Bertz CT molecular complexity index is 772. The van der Waals surface area contributed by atoms with Crippen molar-refractivity contribution in [1.29, 1.82) is 5.26 Å². The molecule has 1 heterocycles. The van der Waals surface area contributed by atoms with Crippen LogP contribution in [-0.4, -0.2) is 16.9 Å². The fourth-order valence-corrected chi connectivity index (χ4v) is 3.28. The van der Waals surface area contributed by atoms with Gasteiger partial charge in [-0.2, -0.15) is 5.26 Å². The molecule has 25 heavy (non-hydrogen) atoms. The van der Waals surface area contributed by atoms with Crippen molar-refractivity contribution in [3.05, 3.63) is 65.9 Å². The molecule has 2 aromatic rings. The predicted octanol–water partition coefficient (Wildman–Crippen LogP) is 4.35. The van der Waals surface area contributed by atoms with Crippen molar-refractivity contribution in [2.24, 2.45) is 0 Å². The summed E-state index contributed by atoms with van der Waals surface area (Å²) in [5, 5.41) is 9.57. The molecule has 0 atom stereocenters. The van der Waals surface area contributed by atoms with E-state index in [2.05, 4.69) is 11.1 Å². The van der Waals surface area contributed by atoms with E-state index in [1.807, 2.05) is 48.5 Å². The molecule has 0 N–H and O–H groups in total. The molecule has 1 saturated carbocycles. The molecule has 0 saturated heterocycles. The quantitative estimate of drug-likeness (QED) is 0.618. The van der Waals surface area contributed by atoms with Crippen molar-refractivity contribution in [3.63, 3.8) is 0 Å². The highest BCUT2D eigenvalue weighted by Gasteiger charge is 2.29. The maximum atomic E-state index is 13.2. The molecule has 4 nitrogen and oxygen atoms in total. The van der Waals surface area contributed by atoms with E-state index < -0.39 is 0 Å². The Labute approximate surface area is 148 Å². The van der Waals surface area contributed by atoms with E-state index in [0.717, 1.165) is 31.2 Å². The molecule has 1 aliphatic carbocycles.